The second kappa shape index (κ2) is 12.1. The average Bonchev–Trinajstić information content (AvgIpc) is 2.85. The fourth-order valence-electron chi connectivity index (χ4n) is 3.08. The SMILES string of the molecule is CCCCCCCCCCNC1CCC(SCC)C1. The molecular weight excluding hydrogens is 250 g/mol. The molecular formula is C17H35NS. The number of rotatable bonds is 12. The van der Waals surface area contributed by atoms with Crippen molar-refractivity contribution in [3.8, 4) is 0 Å². The number of unbranched alkanes of at least 4 members (excludes halogenated alkanes) is 7. The Morgan fingerprint density at radius 2 is 1.58 bits per heavy atom. The first-order chi connectivity index (χ1) is 9.36. The quantitative estimate of drug-likeness (QED) is 0.482. The lowest BCUT2D eigenvalue weighted by Gasteiger charge is -2.12. The van der Waals surface area contributed by atoms with Crippen LogP contribution in [0.25, 0.3) is 0 Å². The van der Waals surface area contributed by atoms with Crippen LogP contribution < -0.4 is 5.32 Å². The van der Waals surface area contributed by atoms with Crippen LogP contribution >= 0.6 is 11.8 Å². The highest BCUT2D eigenvalue weighted by atomic mass is 32.2. The van der Waals surface area contributed by atoms with Gasteiger partial charge in [-0.05, 0) is 38.0 Å². The van der Waals surface area contributed by atoms with E-state index in [1.807, 2.05) is 0 Å². The lowest BCUT2D eigenvalue weighted by molar-refractivity contribution is 0.495. The van der Waals surface area contributed by atoms with E-state index in [1.165, 1.54) is 82.9 Å². The zero-order valence-corrected chi connectivity index (χ0v) is 14.1. The molecule has 0 bridgehead atoms. The Morgan fingerprint density at radius 3 is 2.26 bits per heavy atom. The van der Waals surface area contributed by atoms with Gasteiger partial charge < -0.3 is 5.32 Å². The van der Waals surface area contributed by atoms with E-state index < -0.39 is 0 Å². The molecule has 0 radical (unpaired) electrons. The largest absolute Gasteiger partial charge is 0.314 e. The van der Waals surface area contributed by atoms with Crippen molar-refractivity contribution in [2.24, 2.45) is 0 Å². The van der Waals surface area contributed by atoms with E-state index in [1.54, 1.807) is 0 Å². The van der Waals surface area contributed by atoms with Gasteiger partial charge in [0.1, 0.15) is 0 Å². The van der Waals surface area contributed by atoms with E-state index >= 15 is 0 Å². The van der Waals surface area contributed by atoms with Crippen molar-refractivity contribution in [2.45, 2.75) is 95.8 Å². The molecule has 0 saturated heterocycles. The van der Waals surface area contributed by atoms with Gasteiger partial charge in [-0.25, -0.2) is 0 Å². The maximum Gasteiger partial charge on any atom is 0.00779 e. The van der Waals surface area contributed by atoms with E-state index in [9.17, 15) is 0 Å². The summed E-state index contributed by atoms with van der Waals surface area (Å²) in [5.74, 6) is 1.29. The highest BCUT2D eigenvalue weighted by Crippen LogP contribution is 2.29. The van der Waals surface area contributed by atoms with Crippen molar-refractivity contribution >= 4 is 11.8 Å². The first-order valence-electron chi connectivity index (χ1n) is 8.71. The molecule has 1 saturated carbocycles. The summed E-state index contributed by atoms with van der Waals surface area (Å²) in [7, 11) is 0. The van der Waals surface area contributed by atoms with Gasteiger partial charge in [-0.1, -0.05) is 58.8 Å². The third kappa shape index (κ3) is 8.96. The van der Waals surface area contributed by atoms with Crippen molar-refractivity contribution in [1.82, 2.24) is 5.32 Å². The van der Waals surface area contributed by atoms with Crippen molar-refractivity contribution in [3.63, 3.8) is 0 Å². The standard InChI is InChI=1S/C17H35NS/c1-3-5-6-7-8-9-10-11-14-18-16-12-13-17(15-16)19-4-2/h16-18H,3-15H2,1-2H3. The molecule has 0 aliphatic heterocycles. The number of hydrogen-bond acceptors (Lipinski definition) is 2. The Morgan fingerprint density at radius 1 is 0.895 bits per heavy atom. The van der Waals surface area contributed by atoms with Crippen molar-refractivity contribution < 1.29 is 0 Å². The lowest BCUT2D eigenvalue weighted by atomic mass is 10.1. The Kier molecular flexibility index (Phi) is 11.0. The zero-order valence-electron chi connectivity index (χ0n) is 13.3. The Bertz CT molecular complexity index is 196. The molecule has 19 heavy (non-hydrogen) atoms. The van der Waals surface area contributed by atoms with Crippen molar-refractivity contribution in [2.75, 3.05) is 12.3 Å². The first-order valence-corrected chi connectivity index (χ1v) is 9.76. The maximum atomic E-state index is 3.77. The third-order valence-electron chi connectivity index (χ3n) is 4.25. The Balaban J connectivity index is 1.81. The first kappa shape index (κ1) is 17.4. The minimum absolute atomic E-state index is 0.827. The molecule has 1 N–H and O–H groups in total. The second-order valence-electron chi connectivity index (χ2n) is 6.02. The average molecular weight is 286 g/mol. The van der Waals surface area contributed by atoms with Gasteiger partial charge in [-0.2, -0.15) is 11.8 Å². The second-order valence-corrected chi connectivity index (χ2v) is 7.59. The minimum Gasteiger partial charge on any atom is -0.314 e. The van der Waals surface area contributed by atoms with Gasteiger partial charge in [0.05, 0.1) is 0 Å². The number of hydrogen-bond donors (Lipinski definition) is 1. The van der Waals surface area contributed by atoms with Crippen LogP contribution in [0.5, 0.6) is 0 Å². The van der Waals surface area contributed by atoms with Crippen molar-refractivity contribution in [1.29, 1.82) is 0 Å². The van der Waals surface area contributed by atoms with Crippen LogP contribution in [0.3, 0.4) is 0 Å². The summed E-state index contributed by atoms with van der Waals surface area (Å²) < 4.78 is 0. The molecule has 1 rings (SSSR count). The Hall–Kier alpha value is 0.310. The fraction of sp³-hybridized carbons (Fsp3) is 1.00. The van der Waals surface area contributed by atoms with E-state index in [0.717, 1.165) is 11.3 Å². The molecule has 2 unspecified atom stereocenters. The Labute approximate surface area is 125 Å². The summed E-state index contributed by atoms with van der Waals surface area (Å²) in [4.78, 5) is 0. The summed E-state index contributed by atoms with van der Waals surface area (Å²) in [5.41, 5.74) is 0. The fourth-order valence-corrected chi connectivity index (χ4v) is 4.22. The molecule has 2 heteroatoms. The van der Waals surface area contributed by atoms with Gasteiger partial charge in [0, 0.05) is 11.3 Å². The van der Waals surface area contributed by atoms with Crippen LogP contribution in [-0.2, 0) is 0 Å². The van der Waals surface area contributed by atoms with E-state index in [0.29, 0.717) is 0 Å². The highest BCUT2D eigenvalue weighted by molar-refractivity contribution is 7.99. The normalized spacial score (nSPS) is 23.1. The van der Waals surface area contributed by atoms with Gasteiger partial charge in [0.2, 0.25) is 0 Å². The van der Waals surface area contributed by atoms with Crippen LogP contribution in [0.15, 0.2) is 0 Å². The van der Waals surface area contributed by atoms with E-state index in [-0.39, 0.29) is 0 Å². The summed E-state index contributed by atoms with van der Waals surface area (Å²) in [6.07, 6.45) is 15.7. The summed E-state index contributed by atoms with van der Waals surface area (Å²) >= 11 is 2.16. The predicted molar refractivity (Wildman–Crippen MR) is 90.2 cm³/mol. The predicted octanol–water partition coefficient (Wildman–Crippen LogP) is 5.39. The van der Waals surface area contributed by atoms with E-state index in [2.05, 4.69) is 30.9 Å². The third-order valence-corrected chi connectivity index (χ3v) is 5.48. The van der Waals surface area contributed by atoms with Crippen LogP contribution in [0.4, 0.5) is 0 Å². The number of nitrogens with one attached hydrogen (secondary N) is 1. The van der Waals surface area contributed by atoms with Gasteiger partial charge in [0.15, 0.2) is 0 Å². The minimum atomic E-state index is 0.827. The molecule has 0 spiro atoms. The summed E-state index contributed by atoms with van der Waals surface area (Å²) in [6.45, 7) is 5.83. The molecule has 1 aliphatic rings. The molecule has 0 aromatic carbocycles. The van der Waals surface area contributed by atoms with Crippen LogP contribution in [-0.4, -0.2) is 23.6 Å². The van der Waals surface area contributed by atoms with Gasteiger partial charge in [-0.3, -0.25) is 0 Å². The smallest absolute Gasteiger partial charge is 0.00779 e. The molecule has 2 atom stereocenters. The monoisotopic (exact) mass is 285 g/mol. The van der Waals surface area contributed by atoms with Gasteiger partial charge >= 0.3 is 0 Å². The molecule has 0 aromatic heterocycles. The van der Waals surface area contributed by atoms with Crippen LogP contribution in [0, 0.1) is 0 Å². The molecule has 1 aliphatic carbocycles. The zero-order chi connectivity index (χ0) is 13.8. The highest BCUT2D eigenvalue weighted by Gasteiger charge is 2.23. The summed E-state index contributed by atoms with van der Waals surface area (Å²) in [6, 6.07) is 0.827. The maximum absolute atomic E-state index is 3.77. The topological polar surface area (TPSA) is 12.0 Å². The molecule has 0 amide bonds. The van der Waals surface area contributed by atoms with Gasteiger partial charge in [-0.15, -0.1) is 0 Å². The van der Waals surface area contributed by atoms with E-state index in [4.69, 9.17) is 0 Å². The molecule has 1 nitrogen and oxygen atoms in total. The number of thioether (sulfide) groups is 1. The molecule has 0 heterocycles. The van der Waals surface area contributed by atoms with Crippen LogP contribution in [0.1, 0.15) is 84.5 Å². The van der Waals surface area contributed by atoms with Crippen LogP contribution in [0.2, 0.25) is 0 Å². The van der Waals surface area contributed by atoms with Crippen molar-refractivity contribution in [3.05, 3.63) is 0 Å². The summed E-state index contributed by atoms with van der Waals surface area (Å²) in [5, 5.41) is 4.71. The molecule has 1 fully saturated rings. The van der Waals surface area contributed by atoms with Gasteiger partial charge in [0.25, 0.3) is 0 Å². The molecule has 114 valence electrons. The lowest BCUT2D eigenvalue weighted by Crippen LogP contribution is -2.27. The molecule has 0 aromatic rings.